The normalized spacial score (nSPS) is 38.0. The van der Waals surface area contributed by atoms with Gasteiger partial charge in [-0.25, -0.2) is 0 Å². The Labute approximate surface area is 140 Å². The van der Waals surface area contributed by atoms with E-state index in [2.05, 4.69) is 17.1 Å². The third kappa shape index (κ3) is 1.61. The standard InChI is InChI=1S/C18H21NO5/c1-21-10-3-4-18-5-6-19(13(18)7-10)17(20)14-11(18)8-12-15(16(14)22-2)24-9-23-12/h3-4,8,10,13,17,20H,5-7,9H2,1-2H3/t10-,13+,17-,18+/m0/s1. The van der Waals surface area contributed by atoms with E-state index in [0.717, 1.165) is 30.5 Å². The van der Waals surface area contributed by atoms with Crippen LogP contribution in [0.3, 0.4) is 0 Å². The number of hydrogen-bond donors (Lipinski definition) is 1. The molecule has 0 amide bonds. The van der Waals surface area contributed by atoms with Gasteiger partial charge in [0, 0.05) is 30.7 Å². The van der Waals surface area contributed by atoms with Gasteiger partial charge in [0.05, 0.1) is 13.2 Å². The lowest BCUT2D eigenvalue weighted by Crippen LogP contribution is -2.51. The summed E-state index contributed by atoms with van der Waals surface area (Å²) in [6.45, 7) is 1.03. The highest BCUT2D eigenvalue weighted by Crippen LogP contribution is 2.59. The third-order valence-electron chi connectivity index (χ3n) is 6.08. The largest absolute Gasteiger partial charge is 0.492 e. The molecule has 6 nitrogen and oxygen atoms in total. The summed E-state index contributed by atoms with van der Waals surface area (Å²) in [5.74, 6) is 1.90. The van der Waals surface area contributed by atoms with Crippen LogP contribution in [-0.4, -0.2) is 49.7 Å². The topological polar surface area (TPSA) is 60.4 Å². The molecule has 1 aliphatic carbocycles. The first kappa shape index (κ1) is 14.6. The summed E-state index contributed by atoms with van der Waals surface area (Å²) in [5, 5.41) is 11.1. The lowest BCUT2D eigenvalue weighted by molar-refractivity contribution is -0.0413. The van der Waals surface area contributed by atoms with Crippen LogP contribution in [0.2, 0.25) is 0 Å². The quantitative estimate of drug-likeness (QED) is 0.833. The first-order valence-electron chi connectivity index (χ1n) is 8.36. The van der Waals surface area contributed by atoms with Gasteiger partial charge < -0.3 is 24.1 Å². The van der Waals surface area contributed by atoms with Crippen LogP contribution in [-0.2, 0) is 10.2 Å². The SMILES string of the molecule is COc1c2c(cc3c1[C@H](O)N1CC[C@]34C=C[C@H](OC)C[C@@H]14)OCO2. The average Bonchev–Trinajstić information content (AvgIpc) is 3.20. The molecule has 128 valence electrons. The molecule has 4 aliphatic rings. The van der Waals surface area contributed by atoms with Crippen LogP contribution < -0.4 is 14.2 Å². The van der Waals surface area contributed by atoms with Gasteiger partial charge in [0.25, 0.3) is 0 Å². The van der Waals surface area contributed by atoms with Crippen molar-refractivity contribution in [1.29, 1.82) is 0 Å². The van der Waals surface area contributed by atoms with Crippen molar-refractivity contribution in [2.45, 2.75) is 36.6 Å². The first-order valence-corrected chi connectivity index (χ1v) is 8.36. The van der Waals surface area contributed by atoms with Gasteiger partial charge in [-0.3, -0.25) is 4.90 Å². The molecule has 1 unspecified atom stereocenters. The molecule has 3 heterocycles. The average molecular weight is 331 g/mol. The van der Waals surface area contributed by atoms with Crippen LogP contribution in [0.25, 0.3) is 0 Å². The Morgan fingerprint density at radius 2 is 2.21 bits per heavy atom. The molecule has 0 saturated carbocycles. The minimum atomic E-state index is -0.700. The summed E-state index contributed by atoms with van der Waals surface area (Å²) in [4.78, 5) is 2.17. The van der Waals surface area contributed by atoms with Crippen molar-refractivity contribution < 1.29 is 24.1 Å². The van der Waals surface area contributed by atoms with Crippen LogP contribution in [0.5, 0.6) is 17.2 Å². The molecule has 1 saturated heterocycles. The second-order valence-electron chi connectivity index (χ2n) is 6.89. The molecule has 3 aliphatic heterocycles. The predicted molar refractivity (Wildman–Crippen MR) is 85.4 cm³/mol. The van der Waals surface area contributed by atoms with E-state index >= 15 is 0 Å². The number of hydrogen-bond acceptors (Lipinski definition) is 6. The molecular formula is C18H21NO5. The predicted octanol–water partition coefficient (Wildman–Crippen LogP) is 1.72. The van der Waals surface area contributed by atoms with Crippen LogP contribution in [0.15, 0.2) is 18.2 Å². The summed E-state index contributed by atoms with van der Waals surface area (Å²) in [7, 11) is 3.35. The maximum absolute atomic E-state index is 11.1. The van der Waals surface area contributed by atoms with Crippen LogP contribution in [0.1, 0.15) is 30.2 Å². The van der Waals surface area contributed by atoms with E-state index in [4.69, 9.17) is 18.9 Å². The van der Waals surface area contributed by atoms with Gasteiger partial charge in [-0.1, -0.05) is 12.2 Å². The molecule has 1 aromatic carbocycles. The summed E-state index contributed by atoms with van der Waals surface area (Å²) in [6, 6.07) is 2.26. The highest BCUT2D eigenvalue weighted by molar-refractivity contribution is 5.65. The maximum atomic E-state index is 11.1. The summed E-state index contributed by atoms with van der Waals surface area (Å²) < 4.78 is 22.4. The van der Waals surface area contributed by atoms with E-state index in [9.17, 15) is 5.11 Å². The van der Waals surface area contributed by atoms with E-state index in [1.54, 1.807) is 14.2 Å². The monoisotopic (exact) mass is 331 g/mol. The second kappa shape index (κ2) is 4.88. The van der Waals surface area contributed by atoms with Gasteiger partial charge in [0.1, 0.15) is 6.23 Å². The Bertz CT molecular complexity index is 733. The number of ether oxygens (including phenoxy) is 4. The molecule has 1 fully saturated rings. The van der Waals surface area contributed by atoms with Crippen molar-refractivity contribution in [3.05, 3.63) is 29.3 Å². The summed E-state index contributed by atoms with van der Waals surface area (Å²) >= 11 is 0. The highest BCUT2D eigenvalue weighted by Gasteiger charge is 2.57. The van der Waals surface area contributed by atoms with Crippen molar-refractivity contribution in [1.82, 2.24) is 4.90 Å². The molecule has 5 rings (SSSR count). The molecule has 1 N–H and O–H groups in total. The second-order valence-corrected chi connectivity index (χ2v) is 6.89. The van der Waals surface area contributed by atoms with Crippen LogP contribution >= 0.6 is 0 Å². The Kier molecular flexibility index (Phi) is 2.96. The lowest BCUT2D eigenvalue weighted by atomic mass is 9.66. The molecule has 1 aromatic rings. The smallest absolute Gasteiger partial charge is 0.231 e. The zero-order valence-electron chi connectivity index (χ0n) is 13.8. The molecule has 0 radical (unpaired) electrons. The Hall–Kier alpha value is -1.76. The third-order valence-corrected chi connectivity index (χ3v) is 6.08. The summed E-state index contributed by atoms with van der Waals surface area (Å²) in [5.41, 5.74) is 1.79. The van der Waals surface area contributed by atoms with E-state index in [1.165, 1.54) is 0 Å². The molecule has 6 heteroatoms. The number of nitrogens with zero attached hydrogens (tertiary/aromatic N) is 1. The van der Waals surface area contributed by atoms with Crippen LogP contribution in [0, 0.1) is 0 Å². The number of benzene rings is 1. The number of aliphatic hydroxyl groups excluding tert-OH is 1. The van der Waals surface area contributed by atoms with Crippen molar-refractivity contribution in [3.8, 4) is 17.2 Å². The molecular weight excluding hydrogens is 310 g/mol. The molecule has 0 aromatic heterocycles. The minimum Gasteiger partial charge on any atom is -0.492 e. The van der Waals surface area contributed by atoms with Gasteiger partial charge >= 0.3 is 0 Å². The number of aliphatic hydroxyl groups is 1. The minimum absolute atomic E-state index is 0.0911. The number of rotatable bonds is 2. The highest BCUT2D eigenvalue weighted by atomic mass is 16.7. The summed E-state index contributed by atoms with van der Waals surface area (Å²) in [6.07, 6.45) is 5.65. The van der Waals surface area contributed by atoms with Gasteiger partial charge in [-0.2, -0.15) is 0 Å². The fraction of sp³-hybridized carbons (Fsp3) is 0.556. The molecule has 0 spiro atoms. The number of fused-ring (bicyclic) bond motifs is 2. The zero-order valence-corrected chi connectivity index (χ0v) is 13.8. The fourth-order valence-electron chi connectivity index (χ4n) is 4.96. The Balaban J connectivity index is 1.77. The van der Waals surface area contributed by atoms with Gasteiger partial charge in [0.15, 0.2) is 11.5 Å². The first-order chi connectivity index (χ1) is 11.7. The molecule has 24 heavy (non-hydrogen) atoms. The van der Waals surface area contributed by atoms with Gasteiger partial charge in [-0.15, -0.1) is 0 Å². The van der Waals surface area contributed by atoms with Crippen molar-refractivity contribution in [2.75, 3.05) is 27.6 Å². The maximum Gasteiger partial charge on any atom is 0.231 e. The lowest BCUT2D eigenvalue weighted by Gasteiger charge is -2.47. The van der Waals surface area contributed by atoms with Crippen molar-refractivity contribution >= 4 is 0 Å². The van der Waals surface area contributed by atoms with Crippen molar-refractivity contribution in [2.24, 2.45) is 0 Å². The van der Waals surface area contributed by atoms with E-state index in [1.807, 2.05) is 6.07 Å². The molecule has 2 bridgehead atoms. The zero-order chi connectivity index (χ0) is 16.5. The van der Waals surface area contributed by atoms with E-state index in [-0.39, 0.29) is 24.4 Å². The Morgan fingerprint density at radius 1 is 1.33 bits per heavy atom. The number of methoxy groups -OCH3 is 2. The van der Waals surface area contributed by atoms with E-state index < -0.39 is 6.23 Å². The Morgan fingerprint density at radius 3 is 3.00 bits per heavy atom. The van der Waals surface area contributed by atoms with Crippen LogP contribution in [0.4, 0.5) is 0 Å². The fourth-order valence-corrected chi connectivity index (χ4v) is 4.96. The van der Waals surface area contributed by atoms with Gasteiger partial charge in [-0.05, 0) is 24.5 Å². The van der Waals surface area contributed by atoms with Gasteiger partial charge in [0.2, 0.25) is 12.5 Å². The van der Waals surface area contributed by atoms with E-state index in [0.29, 0.717) is 17.2 Å². The van der Waals surface area contributed by atoms with Crippen molar-refractivity contribution in [3.63, 3.8) is 0 Å². The molecule has 5 atom stereocenters.